The first-order valence-electron chi connectivity index (χ1n) is 5.81. The van der Waals surface area contributed by atoms with Crippen molar-refractivity contribution in [3.05, 3.63) is 35.9 Å². The lowest BCUT2D eigenvalue weighted by atomic mass is 9.95. The molecule has 1 aromatic rings. The van der Waals surface area contributed by atoms with Gasteiger partial charge < -0.3 is 10.4 Å². The van der Waals surface area contributed by atoms with Crippen LogP contribution >= 0.6 is 0 Å². The SMILES string of the molecule is O[C@@H]1CCCN[C@@H]1CCc1ccccc1. The summed E-state index contributed by atoms with van der Waals surface area (Å²) in [6, 6.07) is 10.8. The third-order valence-electron chi connectivity index (χ3n) is 3.13. The minimum atomic E-state index is -0.150. The maximum atomic E-state index is 9.78. The fourth-order valence-electron chi connectivity index (χ4n) is 2.20. The number of aliphatic hydroxyl groups excluding tert-OH is 1. The molecule has 1 saturated heterocycles. The Kier molecular flexibility index (Phi) is 3.75. The van der Waals surface area contributed by atoms with Crippen LogP contribution in [0, 0.1) is 0 Å². The topological polar surface area (TPSA) is 32.3 Å². The summed E-state index contributed by atoms with van der Waals surface area (Å²) in [6.45, 7) is 1.05. The molecule has 0 bridgehead atoms. The summed E-state index contributed by atoms with van der Waals surface area (Å²) in [5.74, 6) is 0. The number of hydrogen-bond acceptors (Lipinski definition) is 2. The Morgan fingerprint density at radius 1 is 1.27 bits per heavy atom. The van der Waals surface area contributed by atoms with Crippen molar-refractivity contribution in [2.75, 3.05) is 6.54 Å². The molecule has 0 amide bonds. The van der Waals surface area contributed by atoms with E-state index in [-0.39, 0.29) is 6.10 Å². The molecule has 15 heavy (non-hydrogen) atoms. The molecule has 2 heteroatoms. The monoisotopic (exact) mass is 205 g/mol. The Bertz CT molecular complexity index is 286. The summed E-state index contributed by atoms with van der Waals surface area (Å²) in [7, 11) is 0. The second-order valence-electron chi connectivity index (χ2n) is 4.29. The van der Waals surface area contributed by atoms with E-state index in [1.807, 2.05) is 6.07 Å². The number of hydrogen-bond donors (Lipinski definition) is 2. The van der Waals surface area contributed by atoms with Gasteiger partial charge in [0.25, 0.3) is 0 Å². The average molecular weight is 205 g/mol. The van der Waals surface area contributed by atoms with Crippen LogP contribution in [-0.2, 0) is 6.42 Å². The van der Waals surface area contributed by atoms with Gasteiger partial charge in [0, 0.05) is 6.04 Å². The van der Waals surface area contributed by atoms with Gasteiger partial charge in [0.2, 0.25) is 0 Å². The van der Waals surface area contributed by atoms with Crippen molar-refractivity contribution < 1.29 is 5.11 Å². The first-order valence-corrected chi connectivity index (χ1v) is 5.81. The Morgan fingerprint density at radius 2 is 2.07 bits per heavy atom. The first-order chi connectivity index (χ1) is 7.36. The second kappa shape index (κ2) is 5.29. The quantitative estimate of drug-likeness (QED) is 0.787. The minimum absolute atomic E-state index is 0.150. The van der Waals surface area contributed by atoms with Crippen molar-refractivity contribution in [1.82, 2.24) is 5.32 Å². The van der Waals surface area contributed by atoms with E-state index in [0.717, 1.165) is 32.2 Å². The van der Waals surface area contributed by atoms with Gasteiger partial charge in [0.15, 0.2) is 0 Å². The molecule has 1 aliphatic heterocycles. The molecule has 0 aromatic heterocycles. The van der Waals surface area contributed by atoms with Crippen molar-refractivity contribution >= 4 is 0 Å². The van der Waals surface area contributed by atoms with Crippen LogP contribution in [0.5, 0.6) is 0 Å². The zero-order valence-electron chi connectivity index (χ0n) is 9.02. The first kappa shape index (κ1) is 10.7. The fraction of sp³-hybridized carbons (Fsp3) is 0.538. The predicted octanol–water partition coefficient (Wildman–Crippen LogP) is 1.73. The lowest BCUT2D eigenvalue weighted by molar-refractivity contribution is 0.0926. The normalized spacial score (nSPS) is 26.5. The van der Waals surface area contributed by atoms with E-state index in [0.29, 0.717) is 6.04 Å². The number of benzene rings is 1. The number of nitrogens with one attached hydrogen (secondary N) is 1. The van der Waals surface area contributed by atoms with Crippen LogP contribution in [0.25, 0.3) is 0 Å². The fourth-order valence-corrected chi connectivity index (χ4v) is 2.20. The van der Waals surface area contributed by atoms with Gasteiger partial charge in [-0.3, -0.25) is 0 Å². The Hall–Kier alpha value is -0.860. The van der Waals surface area contributed by atoms with Gasteiger partial charge in [-0.2, -0.15) is 0 Å². The minimum Gasteiger partial charge on any atom is -0.392 e. The molecular formula is C13H19NO. The summed E-state index contributed by atoms with van der Waals surface area (Å²) < 4.78 is 0. The van der Waals surface area contributed by atoms with Crippen LogP contribution < -0.4 is 5.32 Å². The van der Waals surface area contributed by atoms with Crippen molar-refractivity contribution in [1.29, 1.82) is 0 Å². The molecule has 1 fully saturated rings. The van der Waals surface area contributed by atoms with Crippen LogP contribution in [0.15, 0.2) is 30.3 Å². The summed E-state index contributed by atoms with van der Waals surface area (Å²) in [5.41, 5.74) is 1.36. The van der Waals surface area contributed by atoms with Gasteiger partial charge in [-0.05, 0) is 37.8 Å². The molecule has 0 saturated carbocycles. The molecule has 0 spiro atoms. The van der Waals surface area contributed by atoms with E-state index in [1.165, 1.54) is 5.56 Å². The van der Waals surface area contributed by atoms with E-state index >= 15 is 0 Å². The molecule has 1 aliphatic rings. The molecule has 2 atom stereocenters. The van der Waals surface area contributed by atoms with Crippen molar-refractivity contribution in [2.45, 2.75) is 37.8 Å². The van der Waals surface area contributed by atoms with Crippen LogP contribution in [0.2, 0.25) is 0 Å². The van der Waals surface area contributed by atoms with Crippen molar-refractivity contribution in [3.63, 3.8) is 0 Å². The average Bonchev–Trinajstić information content (AvgIpc) is 2.29. The van der Waals surface area contributed by atoms with Crippen LogP contribution in [0.1, 0.15) is 24.8 Å². The highest BCUT2D eigenvalue weighted by atomic mass is 16.3. The Morgan fingerprint density at radius 3 is 2.80 bits per heavy atom. The number of aryl methyl sites for hydroxylation is 1. The molecule has 2 rings (SSSR count). The molecule has 0 unspecified atom stereocenters. The predicted molar refractivity (Wildman–Crippen MR) is 61.8 cm³/mol. The highest BCUT2D eigenvalue weighted by Crippen LogP contribution is 2.14. The molecule has 0 radical (unpaired) electrons. The van der Waals surface area contributed by atoms with E-state index in [9.17, 15) is 5.11 Å². The maximum Gasteiger partial charge on any atom is 0.0693 e. The largest absolute Gasteiger partial charge is 0.392 e. The summed E-state index contributed by atoms with van der Waals surface area (Å²) in [5, 5.41) is 13.2. The smallest absolute Gasteiger partial charge is 0.0693 e. The van der Waals surface area contributed by atoms with Gasteiger partial charge in [0.05, 0.1) is 6.10 Å². The number of aliphatic hydroxyl groups is 1. The Labute approximate surface area is 91.3 Å². The molecule has 1 aromatic carbocycles. The zero-order chi connectivity index (χ0) is 10.5. The molecule has 2 nitrogen and oxygen atoms in total. The molecule has 2 N–H and O–H groups in total. The third-order valence-corrected chi connectivity index (χ3v) is 3.13. The molecule has 0 aliphatic carbocycles. The molecule has 1 heterocycles. The van der Waals surface area contributed by atoms with Crippen LogP contribution in [-0.4, -0.2) is 23.8 Å². The highest BCUT2D eigenvalue weighted by molar-refractivity contribution is 5.14. The number of piperidine rings is 1. The maximum absolute atomic E-state index is 9.78. The van der Waals surface area contributed by atoms with Gasteiger partial charge in [0.1, 0.15) is 0 Å². The third kappa shape index (κ3) is 3.05. The van der Waals surface area contributed by atoms with E-state index in [2.05, 4.69) is 29.6 Å². The lowest BCUT2D eigenvalue weighted by Crippen LogP contribution is -2.44. The zero-order valence-corrected chi connectivity index (χ0v) is 9.02. The van der Waals surface area contributed by atoms with Crippen LogP contribution in [0.4, 0.5) is 0 Å². The van der Waals surface area contributed by atoms with Gasteiger partial charge in [-0.1, -0.05) is 30.3 Å². The molecular weight excluding hydrogens is 186 g/mol. The van der Waals surface area contributed by atoms with Crippen molar-refractivity contribution in [3.8, 4) is 0 Å². The molecule has 82 valence electrons. The summed E-state index contributed by atoms with van der Waals surface area (Å²) in [6.07, 6.45) is 3.98. The summed E-state index contributed by atoms with van der Waals surface area (Å²) >= 11 is 0. The van der Waals surface area contributed by atoms with Crippen molar-refractivity contribution in [2.24, 2.45) is 0 Å². The van der Waals surface area contributed by atoms with E-state index < -0.39 is 0 Å². The summed E-state index contributed by atoms with van der Waals surface area (Å²) in [4.78, 5) is 0. The van der Waals surface area contributed by atoms with Crippen LogP contribution in [0.3, 0.4) is 0 Å². The van der Waals surface area contributed by atoms with E-state index in [4.69, 9.17) is 0 Å². The highest BCUT2D eigenvalue weighted by Gasteiger charge is 2.21. The van der Waals surface area contributed by atoms with Gasteiger partial charge in [-0.25, -0.2) is 0 Å². The number of rotatable bonds is 3. The van der Waals surface area contributed by atoms with E-state index in [1.54, 1.807) is 0 Å². The second-order valence-corrected chi connectivity index (χ2v) is 4.29. The van der Waals surface area contributed by atoms with Gasteiger partial charge >= 0.3 is 0 Å². The Balaban J connectivity index is 1.82. The van der Waals surface area contributed by atoms with Gasteiger partial charge in [-0.15, -0.1) is 0 Å². The lowest BCUT2D eigenvalue weighted by Gasteiger charge is -2.28. The standard InChI is InChI=1S/C13H19NO/c15-13-7-4-10-14-12(13)9-8-11-5-2-1-3-6-11/h1-3,5-6,12-15H,4,7-10H2/t12-,13-/m1/s1.